The molecule has 0 saturated heterocycles. The summed E-state index contributed by atoms with van der Waals surface area (Å²) in [7, 11) is 0. The minimum atomic E-state index is -0.547. The van der Waals surface area contributed by atoms with Gasteiger partial charge in [0.1, 0.15) is 5.56 Å². The maximum Gasteiger partial charge on any atom is 0.282 e. The summed E-state index contributed by atoms with van der Waals surface area (Å²) >= 11 is 0. The van der Waals surface area contributed by atoms with Crippen LogP contribution < -0.4 is 5.32 Å². The second-order valence-electron chi connectivity index (χ2n) is 5.14. The topological polar surface area (TPSA) is 88.0 Å². The van der Waals surface area contributed by atoms with Gasteiger partial charge in [0.25, 0.3) is 11.6 Å². The van der Waals surface area contributed by atoms with E-state index in [1.165, 1.54) is 12.1 Å². The quantitative estimate of drug-likeness (QED) is 0.561. The third kappa shape index (κ3) is 3.06. The molecule has 0 aliphatic carbocycles. The summed E-state index contributed by atoms with van der Waals surface area (Å²) in [5.41, 5.74) is 2.05. The van der Waals surface area contributed by atoms with Gasteiger partial charge < -0.3 is 10.3 Å². The van der Waals surface area contributed by atoms with Gasteiger partial charge in [-0.25, -0.2) is 0 Å². The van der Waals surface area contributed by atoms with Gasteiger partial charge in [0, 0.05) is 29.7 Å². The number of carbonyl (C=O) groups is 1. The summed E-state index contributed by atoms with van der Waals surface area (Å²) in [5.74, 6) is -0.433. The molecule has 0 saturated carbocycles. The van der Waals surface area contributed by atoms with Crippen LogP contribution in [0.4, 0.5) is 5.69 Å². The maximum absolute atomic E-state index is 12.1. The number of benzene rings is 2. The third-order valence-electron chi connectivity index (χ3n) is 3.70. The van der Waals surface area contributed by atoms with Gasteiger partial charge in [0.05, 0.1) is 4.92 Å². The first-order valence-corrected chi connectivity index (χ1v) is 7.23. The zero-order valence-corrected chi connectivity index (χ0v) is 12.3. The van der Waals surface area contributed by atoms with Gasteiger partial charge in [0.2, 0.25) is 0 Å². The highest BCUT2D eigenvalue weighted by molar-refractivity contribution is 5.98. The number of H-pyrrole nitrogens is 1. The predicted octanol–water partition coefficient (Wildman–Crippen LogP) is 3.05. The molecule has 0 atom stereocenters. The fourth-order valence-electron chi connectivity index (χ4n) is 2.57. The van der Waals surface area contributed by atoms with Crippen LogP contribution in [0.15, 0.2) is 54.7 Å². The van der Waals surface area contributed by atoms with Crippen LogP contribution in [0.3, 0.4) is 0 Å². The summed E-state index contributed by atoms with van der Waals surface area (Å²) in [6, 6.07) is 13.9. The number of nitro groups is 1. The van der Waals surface area contributed by atoms with E-state index in [9.17, 15) is 14.9 Å². The van der Waals surface area contributed by atoms with E-state index in [2.05, 4.69) is 10.3 Å². The Labute approximate surface area is 132 Å². The number of amides is 1. The molecule has 0 aliphatic rings. The minimum absolute atomic E-state index is 0.0800. The van der Waals surface area contributed by atoms with Crippen LogP contribution in [0, 0.1) is 10.1 Å². The molecule has 3 rings (SSSR count). The molecule has 0 radical (unpaired) electrons. The van der Waals surface area contributed by atoms with E-state index < -0.39 is 10.8 Å². The Morgan fingerprint density at radius 3 is 2.70 bits per heavy atom. The molecule has 2 aromatic carbocycles. The monoisotopic (exact) mass is 309 g/mol. The standard InChI is InChI=1S/C17H15N3O3/c21-17(14-6-2-4-8-16(14)20(22)23)18-10-9-12-11-19-15-7-3-1-5-13(12)15/h1-8,11,19H,9-10H2,(H,18,21). The molecule has 23 heavy (non-hydrogen) atoms. The lowest BCUT2D eigenvalue weighted by atomic mass is 10.1. The molecule has 2 N–H and O–H groups in total. The molecule has 0 fully saturated rings. The number of nitrogens with zero attached hydrogens (tertiary/aromatic N) is 1. The summed E-state index contributed by atoms with van der Waals surface area (Å²) in [6.45, 7) is 0.409. The van der Waals surface area contributed by atoms with Crippen molar-refractivity contribution in [1.29, 1.82) is 0 Å². The number of aromatic nitrogens is 1. The van der Waals surface area contributed by atoms with Crippen LogP contribution in [-0.4, -0.2) is 22.4 Å². The Hall–Kier alpha value is -3.15. The Bertz CT molecular complexity index is 870. The van der Waals surface area contributed by atoms with E-state index in [1.807, 2.05) is 30.5 Å². The first-order chi connectivity index (χ1) is 11.2. The fourth-order valence-corrected chi connectivity index (χ4v) is 2.57. The number of aromatic amines is 1. The average Bonchev–Trinajstić information content (AvgIpc) is 2.98. The van der Waals surface area contributed by atoms with Crippen molar-refractivity contribution in [3.05, 3.63) is 76.0 Å². The smallest absolute Gasteiger partial charge is 0.282 e. The predicted molar refractivity (Wildman–Crippen MR) is 87.4 cm³/mol. The number of carbonyl (C=O) groups excluding carboxylic acids is 1. The lowest BCUT2D eigenvalue weighted by Crippen LogP contribution is -2.26. The van der Waals surface area contributed by atoms with E-state index in [-0.39, 0.29) is 11.3 Å². The number of hydrogen-bond donors (Lipinski definition) is 2. The molecular formula is C17H15N3O3. The first-order valence-electron chi connectivity index (χ1n) is 7.23. The van der Waals surface area contributed by atoms with Crippen molar-refractivity contribution < 1.29 is 9.72 Å². The Morgan fingerprint density at radius 2 is 1.87 bits per heavy atom. The van der Waals surface area contributed by atoms with Gasteiger partial charge in [0.15, 0.2) is 0 Å². The SMILES string of the molecule is O=C(NCCc1c[nH]c2ccccc12)c1ccccc1[N+](=O)[O-]. The number of para-hydroxylation sites is 2. The highest BCUT2D eigenvalue weighted by Gasteiger charge is 2.18. The largest absolute Gasteiger partial charge is 0.361 e. The van der Waals surface area contributed by atoms with E-state index in [4.69, 9.17) is 0 Å². The van der Waals surface area contributed by atoms with Crippen molar-refractivity contribution in [3.8, 4) is 0 Å². The van der Waals surface area contributed by atoms with Crippen LogP contribution in [0.25, 0.3) is 10.9 Å². The van der Waals surface area contributed by atoms with Crippen LogP contribution in [-0.2, 0) is 6.42 Å². The van der Waals surface area contributed by atoms with Gasteiger partial charge in [-0.1, -0.05) is 30.3 Å². The van der Waals surface area contributed by atoms with Gasteiger partial charge in [-0.2, -0.15) is 0 Å². The molecule has 0 aliphatic heterocycles. The number of fused-ring (bicyclic) bond motifs is 1. The van der Waals surface area contributed by atoms with Crippen molar-refractivity contribution in [2.24, 2.45) is 0 Å². The van der Waals surface area contributed by atoms with E-state index >= 15 is 0 Å². The number of hydrogen-bond acceptors (Lipinski definition) is 3. The molecule has 3 aromatic rings. The van der Waals surface area contributed by atoms with Gasteiger partial charge in [-0.15, -0.1) is 0 Å². The molecule has 0 spiro atoms. The van der Waals surface area contributed by atoms with E-state index in [0.717, 1.165) is 16.5 Å². The van der Waals surface area contributed by atoms with Crippen molar-refractivity contribution >= 4 is 22.5 Å². The lowest BCUT2D eigenvalue weighted by molar-refractivity contribution is -0.385. The highest BCUT2D eigenvalue weighted by atomic mass is 16.6. The summed E-state index contributed by atoms with van der Waals surface area (Å²) < 4.78 is 0. The zero-order valence-electron chi connectivity index (χ0n) is 12.3. The Balaban J connectivity index is 1.67. The van der Waals surface area contributed by atoms with Gasteiger partial charge in [-0.05, 0) is 24.1 Å². The van der Waals surface area contributed by atoms with Crippen molar-refractivity contribution in [3.63, 3.8) is 0 Å². The van der Waals surface area contributed by atoms with Crippen molar-refractivity contribution in [1.82, 2.24) is 10.3 Å². The third-order valence-corrected chi connectivity index (χ3v) is 3.70. The van der Waals surface area contributed by atoms with Crippen LogP contribution in [0.1, 0.15) is 15.9 Å². The molecule has 0 bridgehead atoms. The fraction of sp³-hybridized carbons (Fsp3) is 0.118. The maximum atomic E-state index is 12.1. The number of nitrogens with one attached hydrogen (secondary N) is 2. The average molecular weight is 309 g/mol. The number of rotatable bonds is 5. The normalized spacial score (nSPS) is 10.6. The summed E-state index contributed by atoms with van der Waals surface area (Å²) in [4.78, 5) is 25.7. The van der Waals surface area contributed by atoms with Crippen molar-refractivity contribution in [2.45, 2.75) is 6.42 Å². The first kappa shape index (κ1) is 14.8. The second-order valence-corrected chi connectivity index (χ2v) is 5.14. The summed E-state index contributed by atoms with van der Waals surface area (Å²) in [6.07, 6.45) is 2.57. The Morgan fingerprint density at radius 1 is 1.13 bits per heavy atom. The van der Waals surface area contributed by atoms with Crippen LogP contribution in [0.5, 0.6) is 0 Å². The molecule has 116 valence electrons. The summed E-state index contributed by atoms with van der Waals surface area (Å²) in [5, 5.41) is 14.8. The highest BCUT2D eigenvalue weighted by Crippen LogP contribution is 2.19. The van der Waals surface area contributed by atoms with E-state index in [0.29, 0.717) is 13.0 Å². The van der Waals surface area contributed by atoms with Crippen molar-refractivity contribution in [2.75, 3.05) is 6.54 Å². The number of nitro benzene ring substituents is 1. The molecule has 1 heterocycles. The molecule has 1 amide bonds. The van der Waals surface area contributed by atoms with Crippen LogP contribution >= 0.6 is 0 Å². The molecule has 0 unspecified atom stereocenters. The zero-order chi connectivity index (χ0) is 16.2. The Kier molecular flexibility index (Phi) is 4.05. The molecular weight excluding hydrogens is 294 g/mol. The van der Waals surface area contributed by atoms with Crippen LogP contribution in [0.2, 0.25) is 0 Å². The minimum Gasteiger partial charge on any atom is -0.361 e. The van der Waals surface area contributed by atoms with Gasteiger partial charge >= 0.3 is 0 Å². The van der Waals surface area contributed by atoms with Gasteiger partial charge in [-0.3, -0.25) is 14.9 Å². The second kappa shape index (κ2) is 6.31. The molecule has 1 aromatic heterocycles. The molecule has 6 nitrogen and oxygen atoms in total. The van der Waals surface area contributed by atoms with E-state index in [1.54, 1.807) is 12.1 Å². The molecule has 6 heteroatoms. The lowest BCUT2D eigenvalue weighted by Gasteiger charge is -2.05.